The minimum absolute atomic E-state index is 0.00289. The molecule has 2 fully saturated rings. The molecule has 0 aromatic heterocycles. The summed E-state index contributed by atoms with van der Waals surface area (Å²) < 4.78 is 3.16. The molecule has 3 heteroatoms. The summed E-state index contributed by atoms with van der Waals surface area (Å²) in [5, 5.41) is 0. The molecule has 90 valence electrons. The Hall–Kier alpha value is -0.310. The minimum Gasteiger partial charge on any atom is -0.137 e. The molecule has 2 nitrogen and oxygen atoms in total. The molecule has 0 spiro atoms. The van der Waals surface area contributed by atoms with E-state index in [0.29, 0.717) is 5.41 Å². The summed E-state index contributed by atoms with van der Waals surface area (Å²) in [7, 11) is 0. The third kappa shape index (κ3) is 1.21. The van der Waals surface area contributed by atoms with E-state index in [9.17, 15) is 4.91 Å². The zero-order chi connectivity index (χ0) is 12.0. The molecule has 2 saturated carbocycles. The number of nitrogens with zero attached hydrogens (tertiary/aromatic N) is 1. The van der Waals surface area contributed by atoms with Crippen molar-refractivity contribution in [3.8, 4) is 0 Å². The maximum atomic E-state index is 10.7. The lowest BCUT2D eigenvalue weighted by Gasteiger charge is -2.46. The fraction of sp³-hybridized carbons (Fsp3) is 0.846. The molecule has 2 aliphatic carbocycles. The van der Waals surface area contributed by atoms with Crippen LogP contribution in [0, 0.1) is 21.7 Å². The Balaban J connectivity index is 2.43. The Morgan fingerprint density at radius 1 is 1.50 bits per heavy atom. The Kier molecular flexibility index (Phi) is 2.73. The second-order valence-corrected chi connectivity index (χ2v) is 7.26. The van der Waals surface area contributed by atoms with Gasteiger partial charge in [0.1, 0.15) is 0 Å². The highest BCUT2D eigenvalue weighted by molar-refractivity contribution is 7.99. The first-order valence-corrected chi connectivity index (χ1v) is 6.82. The zero-order valence-corrected chi connectivity index (χ0v) is 11.3. The Labute approximate surface area is 102 Å². The lowest BCUT2D eigenvalue weighted by molar-refractivity contribution is 0.122. The van der Waals surface area contributed by atoms with Crippen LogP contribution in [0.2, 0.25) is 0 Å². The number of allylic oxidation sites excluding steroid dienone is 1. The molecule has 3 unspecified atom stereocenters. The molecule has 0 heterocycles. The third-order valence-corrected chi connectivity index (χ3v) is 6.91. The molecule has 0 amide bonds. The van der Waals surface area contributed by atoms with Crippen molar-refractivity contribution in [2.24, 2.45) is 21.3 Å². The molecular weight excluding hydrogens is 218 g/mol. The topological polar surface area (TPSA) is 29.4 Å². The molecule has 0 N–H and O–H groups in total. The van der Waals surface area contributed by atoms with Crippen molar-refractivity contribution < 1.29 is 0 Å². The molecule has 2 aliphatic rings. The fourth-order valence-electron chi connectivity index (χ4n) is 4.18. The highest BCUT2D eigenvalue weighted by Crippen LogP contribution is 2.74. The van der Waals surface area contributed by atoms with Gasteiger partial charge in [-0.15, -0.1) is 11.5 Å². The monoisotopic (exact) mass is 239 g/mol. The molecule has 0 aromatic rings. The Bertz CT molecular complexity index is 316. The average molecular weight is 239 g/mol. The largest absolute Gasteiger partial charge is 0.137 e. The van der Waals surface area contributed by atoms with E-state index in [2.05, 4.69) is 31.9 Å². The van der Waals surface area contributed by atoms with E-state index in [4.69, 9.17) is 0 Å². The van der Waals surface area contributed by atoms with Crippen LogP contribution in [0.4, 0.5) is 0 Å². The van der Waals surface area contributed by atoms with E-state index >= 15 is 0 Å². The van der Waals surface area contributed by atoms with Gasteiger partial charge in [0.05, 0.1) is 4.75 Å². The van der Waals surface area contributed by atoms with E-state index in [1.54, 1.807) is 0 Å². The smallest absolute Gasteiger partial charge is 0.0508 e. The molecular formula is C13H21NOS. The highest BCUT2D eigenvalue weighted by atomic mass is 32.2. The molecule has 0 saturated heterocycles. The fourth-order valence-corrected chi connectivity index (χ4v) is 5.36. The number of hydrogen-bond donors (Lipinski definition) is 0. The average Bonchev–Trinajstić information content (AvgIpc) is 2.51. The van der Waals surface area contributed by atoms with E-state index in [1.807, 2.05) is 6.08 Å². The maximum Gasteiger partial charge on any atom is 0.0508 e. The van der Waals surface area contributed by atoms with Crippen LogP contribution >= 0.6 is 11.9 Å². The number of nitroso groups, excluding NO2 is 1. The SMILES string of the molecule is C=CCC1(SN=O)CC2CCC1(C)C2(C)C. The summed E-state index contributed by atoms with van der Waals surface area (Å²) in [6.45, 7) is 10.9. The van der Waals surface area contributed by atoms with Crippen molar-refractivity contribution in [1.29, 1.82) is 0 Å². The second-order valence-electron chi connectivity index (χ2n) is 6.15. The van der Waals surface area contributed by atoms with Gasteiger partial charge in [-0.05, 0) is 42.4 Å². The van der Waals surface area contributed by atoms with Gasteiger partial charge in [0.2, 0.25) is 0 Å². The zero-order valence-electron chi connectivity index (χ0n) is 10.5. The summed E-state index contributed by atoms with van der Waals surface area (Å²) in [5.74, 6) is 0.742. The van der Waals surface area contributed by atoms with Gasteiger partial charge in [-0.25, -0.2) is 0 Å². The summed E-state index contributed by atoms with van der Waals surface area (Å²) in [6, 6.07) is 0. The van der Waals surface area contributed by atoms with Crippen LogP contribution in [-0.2, 0) is 0 Å². The first kappa shape index (κ1) is 12.2. The Morgan fingerprint density at radius 2 is 2.19 bits per heavy atom. The number of rotatable bonds is 4. The normalized spacial score (nSPS) is 44.6. The molecule has 2 rings (SSSR count). The summed E-state index contributed by atoms with van der Waals surface area (Å²) in [5.41, 5.74) is 0.547. The molecule has 0 aliphatic heterocycles. The van der Waals surface area contributed by atoms with Crippen LogP contribution in [0.25, 0.3) is 0 Å². The van der Waals surface area contributed by atoms with Crippen molar-refractivity contribution in [1.82, 2.24) is 0 Å². The van der Waals surface area contributed by atoms with Crippen molar-refractivity contribution >= 4 is 11.9 Å². The standard InChI is InChI=1S/C13H21NOS/c1-5-7-13(16-14-15)9-10-6-8-12(13,4)11(10,2)3/h5,10H,1,6-9H2,2-4H3. The van der Waals surface area contributed by atoms with Gasteiger partial charge >= 0.3 is 0 Å². The van der Waals surface area contributed by atoms with Gasteiger partial charge in [-0.3, -0.25) is 0 Å². The third-order valence-electron chi connectivity index (χ3n) is 5.70. The minimum atomic E-state index is 0.00289. The maximum absolute atomic E-state index is 10.7. The second kappa shape index (κ2) is 3.59. The van der Waals surface area contributed by atoms with Gasteiger partial charge in [0.25, 0.3) is 0 Å². The van der Waals surface area contributed by atoms with E-state index < -0.39 is 0 Å². The quantitative estimate of drug-likeness (QED) is 0.409. The van der Waals surface area contributed by atoms with Crippen molar-refractivity contribution in [3.63, 3.8) is 0 Å². The van der Waals surface area contributed by atoms with Crippen molar-refractivity contribution in [2.75, 3.05) is 0 Å². The first-order chi connectivity index (χ1) is 7.43. The Morgan fingerprint density at radius 3 is 2.56 bits per heavy atom. The molecule has 0 radical (unpaired) electrons. The molecule has 16 heavy (non-hydrogen) atoms. The van der Waals surface area contributed by atoms with Crippen LogP contribution in [0.15, 0.2) is 17.2 Å². The highest BCUT2D eigenvalue weighted by Gasteiger charge is 2.68. The number of hydrogen-bond acceptors (Lipinski definition) is 3. The van der Waals surface area contributed by atoms with Crippen LogP contribution in [0.3, 0.4) is 0 Å². The predicted octanol–water partition coefficient (Wildman–Crippen LogP) is 4.56. The van der Waals surface area contributed by atoms with Gasteiger partial charge < -0.3 is 0 Å². The van der Waals surface area contributed by atoms with Crippen molar-refractivity contribution in [2.45, 2.75) is 51.2 Å². The molecule has 3 atom stereocenters. The first-order valence-electron chi connectivity index (χ1n) is 6.05. The van der Waals surface area contributed by atoms with Crippen LogP contribution in [-0.4, -0.2) is 4.75 Å². The van der Waals surface area contributed by atoms with E-state index in [-0.39, 0.29) is 10.2 Å². The number of fused-ring (bicyclic) bond motifs is 2. The van der Waals surface area contributed by atoms with Crippen LogP contribution in [0.1, 0.15) is 46.5 Å². The van der Waals surface area contributed by atoms with E-state index in [0.717, 1.165) is 18.8 Å². The lowest BCUT2D eigenvalue weighted by atomic mass is 9.65. The molecule has 0 aromatic carbocycles. The van der Waals surface area contributed by atoms with E-state index in [1.165, 1.54) is 24.8 Å². The van der Waals surface area contributed by atoms with Gasteiger partial charge in [0, 0.05) is 16.5 Å². The van der Waals surface area contributed by atoms with Crippen LogP contribution < -0.4 is 0 Å². The summed E-state index contributed by atoms with van der Waals surface area (Å²) in [6.07, 6.45) is 6.52. The predicted molar refractivity (Wildman–Crippen MR) is 70.2 cm³/mol. The van der Waals surface area contributed by atoms with Crippen molar-refractivity contribution in [3.05, 3.63) is 17.6 Å². The van der Waals surface area contributed by atoms with Crippen LogP contribution in [0.5, 0.6) is 0 Å². The van der Waals surface area contributed by atoms with Gasteiger partial charge in [-0.1, -0.05) is 26.8 Å². The summed E-state index contributed by atoms with van der Waals surface area (Å²) >= 11 is 1.27. The lowest BCUT2D eigenvalue weighted by Crippen LogP contribution is -2.44. The van der Waals surface area contributed by atoms with Gasteiger partial charge in [-0.2, -0.15) is 0 Å². The van der Waals surface area contributed by atoms with Gasteiger partial charge in [0.15, 0.2) is 0 Å². The summed E-state index contributed by atoms with van der Waals surface area (Å²) in [4.78, 5) is 10.7. The molecule has 2 bridgehead atoms.